The summed E-state index contributed by atoms with van der Waals surface area (Å²) < 4.78 is 7.71. The van der Waals surface area contributed by atoms with Crippen molar-refractivity contribution in [2.45, 2.75) is 39.8 Å². The second-order valence-electron chi connectivity index (χ2n) is 5.09. The molecule has 0 saturated carbocycles. The molecule has 21 heavy (non-hydrogen) atoms. The normalized spacial score (nSPS) is 10.8. The molecule has 0 aliphatic heterocycles. The molecule has 4 nitrogen and oxygen atoms in total. The van der Waals surface area contributed by atoms with E-state index in [0.717, 1.165) is 31.8 Å². The van der Waals surface area contributed by atoms with Gasteiger partial charge in [0.1, 0.15) is 6.61 Å². The van der Waals surface area contributed by atoms with Crippen molar-refractivity contribution in [1.29, 1.82) is 0 Å². The maximum atomic E-state index is 5.84. The average molecular weight is 287 g/mol. The lowest BCUT2D eigenvalue weighted by Crippen LogP contribution is -2.18. The van der Waals surface area contributed by atoms with E-state index in [-0.39, 0.29) is 0 Å². The molecule has 1 N–H and O–H groups in total. The fourth-order valence-electron chi connectivity index (χ4n) is 2.22. The molecular weight excluding hydrogens is 262 g/mol. The minimum Gasteiger partial charge on any atom is -0.486 e. The molecule has 0 fully saturated rings. The van der Waals surface area contributed by atoms with Gasteiger partial charge in [-0.05, 0) is 44.0 Å². The molecule has 1 aromatic carbocycles. The number of nitrogens with zero attached hydrogens (tertiary/aromatic N) is 2. The van der Waals surface area contributed by atoms with Gasteiger partial charge in [0.2, 0.25) is 0 Å². The van der Waals surface area contributed by atoms with E-state index in [1.807, 2.05) is 10.9 Å². The Morgan fingerprint density at radius 2 is 1.95 bits per heavy atom. The largest absolute Gasteiger partial charge is 0.486 e. The van der Waals surface area contributed by atoms with Crippen LogP contribution in [0.5, 0.6) is 5.75 Å². The Hall–Kier alpha value is -1.81. The maximum Gasteiger partial charge on any atom is 0.157 e. The van der Waals surface area contributed by atoms with E-state index in [2.05, 4.69) is 48.5 Å². The van der Waals surface area contributed by atoms with Crippen LogP contribution in [0.2, 0.25) is 0 Å². The topological polar surface area (TPSA) is 39.1 Å². The highest BCUT2D eigenvalue weighted by Crippen LogP contribution is 2.14. The molecule has 0 atom stereocenters. The van der Waals surface area contributed by atoms with Gasteiger partial charge in [0, 0.05) is 6.54 Å². The summed E-state index contributed by atoms with van der Waals surface area (Å²) in [5.74, 6) is 0.829. The third-order valence-electron chi connectivity index (χ3n) is 3.44. The first-order chi connectivity index (χ1) is 10.3. The summed E-state index contributed by atoms with van der Waals surface area (Å²) in [5, 5.41) is 7.66. The second-order valence-corrected chi connectivity index (χ2v) is 5.09. The van der Waals surface area contributed by atoms with Crippen molar-refractivity contribution in [1.82, 2.24) is 15.1 Å². The number of nitrogens with one attached hydrogen (secondary N) is 1. The van der Waals surface area contributed by atoms with E-state index in [4.69, 9.17) is 4.74 Å². The number of aromatic nitrogens is 2. The quantitative estimate of drug-likeness (QED) is 0.721. The molecule has 0 saturated heterocycles. The number of hydrogen-bond donors (Lipinski definition) is 1. The number of rotatable bonds is 9. The van der Waals surface area contributed by atoms with E-state index in [0.29, 0.717) is 6.61 Å². The van der Waals surface area contributed by atoms with Crippen LogP contribution in [-0.2, 0) is 19.6 Å². The highest BCUT2D eigenvalue weighted by atomic mass is 16.5. The molecule has 1 aromatic heterocycles. The summed E-state index contributed by atoms with van der Waals surface area (Å²) in [6.45, 7) is 7.80. The molecule has 0 aliphatic rings. The van der Waals surface area contributed by atoms with Crippen molar-refractivity contribution in [2.75, 3.05) is 13.1 Å². The van der Waals surface area contributed by atoms with Crippen LogP contribution in [0.15, 0.2) is 36.7 Å². The second kappa shape index (κ2) is 8.47. The summed E-state index contributed by atoms with van der Waals surface area (Å²) in [7, 11) is 0. The van der Waals surface area contributed by atoms with Crippen LogP contribution in [0.25, 0.3) is 0 Å². The van der Waals surface area contributed by atoms with Crippen molar-refractivity contribution in [2.24, 2.45) is 0 Å². The molecule has 0 aliphatic carbocycles. The van der Waals surface area contributed by atoms with Crippen molar-refractivity contribution in [3.05, 3.63) is 47.8 Å². The van der Waals surface area contributed by atoms with Crippen LogP contribution in [0.1, 0.15) is 31.4 Å². The molecule has 2 aromatic rings. The Kier molecular flexibility index (Phi) is 6.28. The first kappa shape index (κ1) is 15.6. The Labute approximate surface area is 127 Å². The highest BCUT2D eigenvalue weighted by molar-refractivity contribution is 5.27. The maximum absolute atomic E-state index is 5.84. The van der Waals surface area contributed by atoms with E-state index < -0.39 is 0 Å². The van der Waals surface area contributed by atoms with Gasteiger partial charge in [-0.3, -0.25) is 4.68 Å². The third-order valence-corrected chi connectivity index (χ3v) is 3.44. The van der Waals surface area contributed by atoms with Crippen LogP contribution in [0.4, 0.5) is 0 Å². The Morgan fingerprint density at radius 1 is 1.14 bits per heavy atom. The van der Waals surface area contributed by atoms with Gasteiger partial charge in [-0.15, -0.1) is 0 Å². The van der Waals surface area contributed by atoms with Gasteiger partial charge in [0.15, 0.2) is 5.75 Å². The van der Waals surface area contributed by atoms with Gasteiger partial charge in [-0.25, -0.2) is 0 Å². The molecule has 4 heteroatoms. The molecule has 0 amide bonds. The molecule has 0 spiro atoms. The van der Waals surface area contributed by atoms with Gasteiger partial charge in [-0.1, -0.05) is 31.2 Å². The smallest absolute Gasteiger partial charge is 0.157 e. The number of aryl methyl sites for hydroxylation is 1. The Morgan fingerprint density at radius 3 is 2.67 bits per heavy atom. The molecule has 0 unspecified atom stereocenters. The minimum atomic E-state index is 0.597. The molecule has 0 radical (unpaired) electrons. The summed E-state index contributed by atoms with van der Waals surface area (Å²) in [4.78, 5) is 0. The molecule has 2 rings (SSSR count). The SMILES string of the molecule is CCCNCCc1ccccc1COc1cnn(CC)c1. The van der Waals surface area contributed by atoms with Crippen molar-refractivity contribution >= 4 is 0 Å². The van der Waals surface area contributed by atoms with Gasteiger partial charge < -0.3 is 10.1 Å². The first-order valence-corrected chi connectivity index (χ1v) is 7.76. The third kappa shape index (κ3) is 4.90. The van der Waals surface area contributed by atoms with Gasteiger partial charge in [-0.2, -0.15) is 5.10 Å². The van der Waals surface area contributed by atoms with Crippen LogP contribution in [0.3, 0.4) is 0 Å². The fourth-order valence-corrected chi connectivity index (χ4v) is 2.22. The first-order valence-electron chi connectivity index (χ1n) is 7.76. The summed E-state index contributed by atoms with van der Waals surface area (Å²) in [6, 6.07) is 8.48. The minimum absolute atomic E-state index is 0.597. The highest BCUT2D eigenvalue weighted by Gasteiger charge is 2.04. The summed E-state index contributed by atoms with van der Waals surface area (Å²) in [6.07, 6.45) is 5.92. The predicted octanol–water partition coefficient (Wildman–Crippen LogP) is 3.02. The molecule has 1 heterocycles. The zero-order chi connectivity index (χ0) is 14.9. The number of benzene rings is 1. The lowest BCUT2D eigenvalue weighted by Gasteiger charge is -2.10. The summed E-state index contributed by atoms with van der Waals surface area (Å²) in [5.41, 5.74) is 2.60. The van der Waals surface area contributed by atoms with Crippen molar-refractivity contribution < 1.29 is 4.74 Å². The van der Waals surface area contributed by atoms with Crippen molar-refractivity contribution in [3.63, 3.8) is 0 Å². The van der Waals surface area contributed by atoms with Gasteiger partial charge in [0.05, 0.1) is 12.4 Å². The van der Waals surface area contributed by atoms with Gasteiger partial charge in [0.25, 0.3) is 0 Å². The zero-order valence-corrected chi connectivity index (χ0v) is 13.0. The average Bonchev–Trinajstić information content (AvgIpc) is 2.98. The van der Waals surface area contributed by atoms with E-state index >= 15 is 0 Å². The molecule has 114 valence electrons. The zero-order valence-electron chi connectivity index (χ0n) is 13.0. The van der Waals surface area contributed by atoms with Crippen LogP contribution in [0, 0.1) is 0 Å². The van der Waals surface area contributed by atoms with Crippen molar-refractivity contribution in [3.8, 4) is 5.75 Å². The monoisotopic (exact) mass is 287 g/mol. The van der Waals surface area contributed by atoms with Crippen LogP contribution < -0.4 is 10.1 Å². The standard InChI is InChI=1S/C17H25N3O/c1-3-10-18-11-9-15-7-5-6-8-16(15)14-21-17-12-19-20(4-2)13-17/h5-8,12-13,18H,3-4,9-11,14H2,1-2H3. The van der Waals surface area contributed by atoms with E-state index in [9.17, 15) is 0 Å². The lowest BCUT2D eigenvalue weighted by atomic mass is 10.1. The number of ether oxygens (including phenoxy) is 1. The summed E-state index contributed by atoms with van der Waals surface area (Å²) >= 11 is 0. The van der Waals surface area contributed by atoms with E-state index in [1.165, 1.54) is 17.5 Å². The molecule has 0 bridgehead atoms. The fraction of sp³-hybridized carbons (Fsp3) is 0.471. The predicted molar refractivity (Wildman–Crippen MR) is 85.5 cm³/mol. The van der Waals surface area contributed by atoms with Gasteiger partial charge >= 0.3 is 0 Å². The van der Waals surface area contributed by atoms with Crippen LogP contribution in [-0.4, -0.2) is 22.9 Å². The number of hydrogen-bond acceptors (Lipinski definition) is 3. The Bertz CT molecular complexity index is 536. The molecular formula is C17H25N3O. The van der Waals surface area contributed by atoms with Crippen LogP contribution >= 0.6 is 0 Å². The van der Waals surface area contributed by atoms with E-state index in [1.54, 1.807) is 6.20 Å². The Balaban J connectivity index is 1.89. The lowest BCUT2D eigenvalue weighted by molar-refractivity contribution is 0.304.